The molecule has 0 aliphatic carbocycles. The summed E-state index contributed by atoms with van der Waals surface area (Å²) in [4.78, 5) is 11.7. The molecule has 5 heteroatoms. The van der Waals surface area contributed by atoms with Gasteiger partial charge in [0.1, 0.15) is 17.4 Å². The molecular formula is C16H15F2NO2. The molecule has 110 valence electrons. The predicted octanol–water partition coefficient (Wildman–Crippen LogP) is 3.60. The van der Waals surface area contributed by atoms with Crippen LogP contribution in [0.1, 0.15) is 11.1 Å². The average Bonchev–Trinajstić information content (AvgIpc) is 2.39. The monoisotopic (exact) mass is 291 g/mol. The number of rotatable bonds is 4. The van der Waals surface area contributed by atoms with Crippen molar-refractivity contribution in [3.63, 3.8) is 0 Å². The van der Waals surface area contributed by atoms with E-state index in [1.165, 1.54) is 6.07 Å². The molecule has 0 bridgehead atoms. The Morgan fingerprint density at radius 3 is 2.38 bits per heavy atom. The molecule has 0 heterocycles. The summed E-state index contributed by atoms with van der Waals surface area (Å²) in [5.41, 5.74) is 1.97. The zero-order valence-electron chi connectivity index (χ0n) is 11.7. The number of ether oxygens (including phenoxy) is 1. The Morgan fingerprint density at radius 2 is 1.76 bits per heavy atom. The Labute approximate surface area is 121 Å². The maximum Gasteiger partial charge on any atom is 0.262 e. The zero-order chi connectivity index (χ0) is 15.4. The van der Waals surface area contributed by atoms with Gasteiger partial charge in [0.15, 0.2) is 6.61 Å². The van der Waals surface area contributed by atoms with E-state index in [1.807, 2.05) is 19.9 Å². The minimum Gasteiger partial charge on any atom is -0.484 e. The molecule has 2 rings (SSSR count). The van der Waals surface area contributed by atoms with E-state index in [4.69, 9.17) is 4.74 Å². The first-order chi connectivity index (χ1) is 9.94. The van der Waals surface area contributed by atoms with Gasteiger partial charge in [0.25, 0.3) is 5.91 Å². The summed E-state index contributed by atoms with van der Waals surface area (Å²) in [6.45, 7) is 3.60. The van der Waals surface area contributed by atoms with Crippen LogP contribution in [0.3, 0.4) is 0 Å². The molecule has 0 aliphatic heterocycles. The number of hydrogen-bond donors (Lipinski definition) is 1. The van der Waals surface area contributed by atoms with E-state index in [2.05, 4.69) is 5.32 Å². The fourth-order valence-corrected chi connectivity index (χ4v) is 1.94. The van der Waals surface area contributed by atoms with Crippen molar-refractivity contribution in [2.45, 2.75) is 13.8 Å². The maximum atomic E-state index is 13.4. The van der Waals surface area contributed by atoms with Crippen molar-refractivity contribution in [3.8, 4) is 5.75 Å². The molecule has 0 unspecified atom stereocenters. The Bertz CT molecular complexity index is 651. The number of amides is 1. The molecule has 0 aromatic heterocycles. The van der Waals surface area contributed by atoms with Crippen molar-refractivity contribution >= 4 is 11.6 Å². The number of halogens is 2. The molecular weight excluding hydrogens is 276 g/mol. The van der Waals surface area contributed by atoms with E-state index < -0.39 is 17.5 Å². The highest BCUT2D eigenvalue weighted by molar-refractivity contribution is 5.91. The molecule has 0 radical (unpaired) electrons. The molecule has 2 aromatic rings. The standard InChI is InChI=1S/C16H15F2NO2/c1-10-5-11(2)7-13(6-10)21-9-16(20)19-15-4-3-12(17)8-14(15)18/h3-8H,9H2,1-2H3,(H,19,20). The largest absolute Gasteiger partial charge is 0.484 e. The highest BCUT2D eigenvalue weighted by atomic mass is 19.1. The number of carbonyl (C=O) groups excluding carboxylic acids is 1. The molecule has 0 atom stereocenters. The summed E-state index contributed by atoms with van der Waals surface area (Å²) in [6.07, 6.45) is 0. The molecule has 2 aromatic carbocycles. The second-order valence-corrected chi connectivity index (χ2v) is 4.78. The topological polar surface area (TPSA) is 38.3 Å². The van der Waals surface area contributed by atoms with Crippen LogP contribution in [0.4, 0.5) is 14.5 Å². The van der Waals surface area contributed by atoms with Gasteiger partial charge in [-0.3, -0.25) is 4.79 Å². The number of benzene rings is 2. The number of carbonyl (C=O) groups is 1. The lowest BCUT2D eigenvalue weighted by molar-refractivity contribution is -0.118. The predicted molar refractivity (Wildman–Crippen MR) is 76.4 cm³/mol. The van der Waals surface area contributed by atoms with Gasteiger partial charge >= 0.3 is 0 Å². The SMILES string of the molecule is Cc1cc(C)cc(OCC(=O)Nc2ccc(F)cc2F)c1. The summed E-state index contributed by atoms with van der Waals surface area (Å²) >= 11 is 0. The Morgan fingerprint density at radius 1 is 1.10 bits per heavy atom. The molecule has 0 spiro atoms. The van der Waals surface area contributed by atoms with E-state index in [9.17, 15) is 13.6 Å². The van der Waals surface area contributed by atoms with Crippen LogP contribution in [0, 0.1) is 25.5 Å². The van der Waals surface area contributed by atoms with Gasteiger partial charge in [-0.15, -0.1) is 0 Å². The molecule has 21 heavy (non-hydrogen) atoms. The van der Waals surface area contributed by atoms with Crippen LogP contribution in [0.15, 0.2) is 36.4 Å². The van der Waals surface area contributed by atoms with Crippen molar-refractivity contribution in [1.82, 2.24) is 0 Å². The minimum absolute atomic E-state index is 0.0783. The number of aryl methyl sites for hydroxylation is 2. The normalized spacial score (nSPS) is 10.3. The Hall–Kier alpha value is -2.43. The van der Waals surface area contributed by atoms with Crippen LogP contribution in [0.25, 0.3) is 0 Å². The van der Waals surface area contributed by atoms with Gasteiger partial charge in [-0.1, -0.05) is 6.07 Å². The van der Waals surface area contributed by atoms with Crippen LogP contribution in [-0.2, 0) is 4.79 Å². The first-order valence-electron chi connectivity index (χ1n) is 6.40. The fraction of sp³-hybridized carbons (Fsp3) is 0.188. The van der Waals surface area contributed by atoms with Gasteiger partial charge < -0.3 is 10.1 Å². The van der Waals surface area contributed by atoms with Crippen LogP contribution >= 0.6 is 0 Å². The number of nitrogens with one attached hydrogen (secondary N) is 1. The average molecular weight is 291 g/mol. The molecule has 0 saturated heterocycles. The molecule has 0 aliphatic rings. The lowest BCUT2D eigenvalue weighted by Crippen LogP contribution is -2.20. The summed E-state index contributed by atoms with van der Waals surface area (Å²) in [5, 5.41) is 2.33. The third-order valence-corrected chi connectivity index (χ3v) is 2.77. The highest BCUT2D eigenvalue weighted by Crippen LogP contribution is 2.17. The lowest BCUT2D eigenvalue weighted by Gasteiger charge is -2.09. The molecule has 3 nitrogen and oxygen atoms in total. The second-order valence-electron chi connectivity index (χ2n) is 4.78. The highest BCUT2D eigenvalue weighted by Gasteiger charge is 2.09. The molecule has 1 N–H and O–H groups in total. The molecule has 1 amide bonds. The van der Waals surface area contributed by atoms with E-state index >= 15 is 0 Å². The van der Waals surface area contributed by atoms with Gasteiger partial charge in [0.2, 0.25) is 0 Å². The Kier molecular flexibility index (Phi) is 4.52. The van der Waals surface area contributed by atoms with Crippen molar-refractivity contribution in [2.24, 2.45) is 0 Å². The maximum absolute atomic E-state index is 13.4. The van der Waals surface area contributed by atoms with Crippen molar-refractivity contribution in [2.75, 3.05) is 11.9 Å². The minimum atomic E-state index is -0.824. The van der Waals surface area contributed by atoms with Gasteiger partial charge in [-0.25, -0.2) is 8.78 Å². The van der Waals surface area contributed by atoms with Crippen LogP contribution in [-0.4, -0.2) is 12.5 Å². The Balaban J connectivity index is 1.95. The van der Waals surface area contributed by atoms with E-state index in [-0.39, 0.29) is 12.3 Å². The van der Waals surface area contributed by atoms with Crippen molar-refractivity contribution in [1.29, 1.82) is 0 Å². The quantitative estimate of drug-likeness (QED) is 0.934. The van der Waals surface area contributed by atoms with Gasteiger partial charge in [0, 0.05) is 6.07 Å². The van der Waals surface area contributed by atoms with Crippen LogP contribution in [0.2, 0.25) is 0 Å². The summed E-state index contributed by atoms with van der Waals surface area (Å²) in [7, 11) is 0. The van der Waals surface area contributed by atoms with E-state index in [0.29, 0.717) is 11.8 Å². The summed E-state index contributed by atoms with van der Waals surface area (Å²) in [6, 6.07) is 8.54. The second kappa shape index (κ2) is 6.35. The van der Waals surface area contributed by atoms with Crippen molar-refractivity contribution < 1.29 is 18.3 Å². The number of hydrogen-bond acceptors (Lipinski definition) is 2. The van der Waals surface area contributed by atoms with Crippen LogP contribution in [0.5, 0.6) is 5.75 Å². The van der Waals surface area contributed by atoms with Crippen molar-refractivity contribution in [3.05, 3.63) is 59.2 Å². The van der Waals surface area contributed by atoms with Gasteiger partial charge in [-0.2, -0.15) is 0 Å². The zero-order valence-corrected chi connectivity index (χ0v) is 11.7. The summed E-state index contributed by atoms with van der Waals surface area (Å²) < 4.78 is 31.5. The first-order valence-corrected chi connectivity index (χ1v) is 6.40. The third-order valence-electron chi connectivity index (χ3n) is 2.77. The first kappa shape index (κ1) is 15.0. The summed E-state index contributed by atoms with van der Waals surface area (Å²) in [5.74, 6) is -1.46. The third kappa shape index (κ3) is 4.27. The molecule has 0 saturated carbocycles. The van der Waals surface area contributed by atoms with E-state index in [0.717, 1.165) is 17.2 Å². The van der Waals surface area contributed by atoms with Gasteiger partial charge in [0.05, 0.1) is 5.69 Å². The van der Waals surface area contributed by atoms with Crippen LogP contribution < -0.4 is 10.1 Å². The van der Waals surface area contributed by atoms with E-state index in [1.54, 1.807) is 12.1 Å². The molecule has 0 fully saturated rings. The fourth-order valence-electron chi connectivity index (χ4n) is 1.94. The smallest absolute Gasteiger partial charge is 0.262 e. The number of anilines is 1. The lowest BCUT2D eigenvalue weighted by atomic mass is 10.1. The van der Waals surface area contributed by atoms with Gasteiger partial charge in [-0.05, 0) is 49.2 Å².